The van der Waals surface area contributed by atoms with E-state index in [1.807, 2.05) is 108 Å². The minimum Gasteiger partial charge on any atom is -0.308 e. The summed E-state index contributed by atoms with van der Waals surface area (Å²) in [7, 11) is -3.24. The van der Waals surface area contributed by atoms with Crippen molar-refractivity contribution >= 4 is 39.5 Å². The lowest BCUT2D eigenvalue weighted by Crippen LogP contribution is -2.26. The summed E-state index contributed by atoms with van der Waals surface area (Å²) in [5, 5.41) is 8.54. The highest BCUT2D eigenvalue weighted by Gasteiger charge is 2.36. The first-order chi connectivity index (χ1) is 16.3. The third kappa shape index (κ3) is 3.13. The second kappa shape index (κ2) is 7.88. The van der Waals surface area contributed by atoms with Crippen LogP contribution in [0.25, 0.3) is 27.7 Å². The van der Waals surface area contributed by atoms with Crippen LogP contribution in [0.5, 0.6) is 0 Å². The zero-order valence-electron chi connectivity index (χ0n) is 17.9. The smallest absolute Gasteiger partial charge is 0.175 e. The number of pyridine rings is 1. The summed E-state index contributed by atoms with van der Waals surface area (Å²) in [4.78, 5) is 0. The van der Waals surface area contributed by atoms with Gasteiger partial charge in [-0.2, -0.15) is 5.10 Å². The van der Waals surface area contributed by atoms with Gasteiger partial charge in [0.1, 0.15) is 5.69 Å². The van der Waals surface area contributed by atoms with Gasteiger partial charge in [0.05, 0.1) is 16.3 Å². The summed E-state index contributed by atoms with van der Waals surface area (Å²) in [6.45, 7) is 0. The molecule has 4 aromatic carbocycles. The van der Waals surface area contributed by atoms with Crippen LogP contribution in [0.15, 0.2) is 127 Å². The summed E-state index contributed by atoms with van der Waals surface area (Å²) in [6, 6.07) is 42.0. The molecule has 0 spiro atoms. The van der Waals surface area contributed by atoms with Gasteiger partial charge in [-0.1, -0.05) is 115 Å². The van der Waals surface area contributed by atoms with Crippen LogP contribution in [0, 0.1) is 0 Å². The standard InChI is InChI=1S/C29H21N2OP/c32-33(24-15-6-2-7-16-24,25-17-8-3-9-18-25)29-27-21-20-22-12-10-11-19-26(22)31(27)30-28(29)23-13-4-1-5-14-23/h1-21H. The van der Waals surface area contributed by atoms with Gasteiger partial charge in [0.15, 0.2) is 7.14 Å². The second-order valence-electron chi connectivity index (χ2n) is 8.03. The van der Waals surface area contributed by atoms with Crippen LogP contribution in [0.4, 0.5) is 0 Å². The van der Waals surface area contributed by atoms with Gasteiger partial charge in [-0.3, -0.25) is 0 Å². The summed E-state index contributed by atoms with van der Waals surface area (Å²) in [6.07, 6.45) is 0. The van der Waals surface area contributed by atoms with Gasteiger partial charge in [0.25, 0.3) is 0 Å². The highest BCUT2D eigenvalue weighted by Crippen LogP contribution is 2.46. The van der Waals surface area contributed by atoms with Crippen molar-refractivity contribution in [2.75, 3.05) is 0 Å². The van der Waals surface area contributed by atoms with Crippen LogP contribution < -0.4 is 15.9 Å². The zero-order valence-corrected chi connectivity index (χ0v) is 18.8. The molecule has 33 heavy (non-hydrogen) atoms. The molecule has 0 aliphatic heterocycles. The Morgan fingerprint density at radius 2 is 1.09 bits per heavy atom. The summed E-state index contributed by atoms with van der Waals surface area (Å²) >= 11 is 0. The predicted molar refractivity (Wildman–Crippen MR) is 138 cm³/mol. The molecule has 0 N–H and O–H groups in total. The predicted octanol–water partition coefficient (Wildman–Crippen LogP) is 5.79. The number of fused-ring (bicyclic) bond motifs is 3. The average molecular weight is 444 g/mol. The van der Waals surface area contributed by atoms with Crippen molar-refractivity contribution in [1.82, 2.24) is 9.61 Å². The Labute approximate surface area is 192 Å². The first kappa shape index (κ1) is 19.7. The molecule has 6 rings (SSSR count). The number of para-hydroxylation sites is 1. The topological polar surface area (TPSA) is 34.4 Å². The van der Waals surface area contributed by atoms with Gasteiger partial charge >= 0.3 is 0 Å². The number of hydrogen-bond acceptors (Lipinski definition) is 2. The van der Waals surface area contributed by atoms with E-state index in [2.05, 4.69) is 24.3 Å². The Morgan fingerprint density at radius 3 is 1.73 bits per heavy atom. The van der Waals surface area contributed by atoms with Gasteiger partial charge < -0.3 is 4.57 Å². The fraction of sp³-hybridized carbons (Fsp3) is 0. The molecule has 0 atom stereocenters. The minimum atomic E-state index is -3.24. The summed E-state index contributed by atoms with van der Waals surface area (Å²) in [5.74, 6) is 0. The Kier molecular flexibility index (Phi) is 4.71. The lowest BCUT2D eigenvalue weighted by molar-refractivity contribution is 0.592. The maximum absolute atomic E-state index is 15.4. The van der Waals surface area contributed by atoms with Gasteiger partial charge in [-0.05, 0) is 12.1 Å². The van der Waals surface area contributed by atoms with Crippen molar-refractivity contribution in [2.24, 2.45) is 0 Å². The monoisotopic (exact) mass is 444 g/mol. The van der Waals surface area contributed by atoms with Gasteiger partial charge in [0, 0.05) is 21.6 Å². The number of aromatic nitrogens is 2. The van der Waals surface area contributed by atoms with Crippen molar-refractivity contribution in [3.05, 3.63) is 127 Å². The number of nitrogens with zero attached hydrogens (tertiary/aromatic N) is 2. The molecule has 0 unspecified atom stereocenters. The molecule has 6 aromatic rings. The molecule has 0 saturated carbocycles. The molecule has 0 aliphatic carbocycles. The van der Waals surface area contributed by atoms with E-state index in [1.165, 1.54) is 0 Å². The normalized spacial score (nSPS) is 11.8. The Hall–Kier alpha value is -3.94. The molecule has 0 fully saturated rings. The Balaban J connectivity index is 1.80. The molecule has 3 nitrogen and oxygen atoms in total. The van der Waals surface area contributed by atoms with Gasteiger partial charge in [0.2, 0.25) is 0 Å². The maximum Gasteiger partial charge on any atom is 0.175 e. The fourth-order valence-corrected chi connectivity index (χ4v) is 7.49. The van der Waals surface area contributed by atoms with Crippen LogP contribution >= 0.6 is 7.14 Å². The van der Waals surface area contributed by atoms with E-state index in [1.54, 1.807) is 0 Å². The third-order valence-corrected chi connectivity index (χ3v) is 9.20. The van der Waals surface area contributed by atoms with E-state index in [0.717, 1.165) is 43.6 Å². The average Bonchev–Trinajstić information content (AvgIpc) is 3.30. The van der Waals surface area contributed by atoms with Crippen LogP contribution in [0.1, 0.15) is 0 Å². The van der Waals surface area contributed by atoms with Crippen molar-refractivity contribution in [3.8, 4) is 11.3 Å². The fourth-order valence-electron chi connectivity index (χ4n) is 4.53. The second-order valence-corrected chi connectivity index (χ2v) is 10.7. The number of benzene rings is 4. The molecule has 0 radical (unpaired) electrons. The molecule has 2 aromatic heterocycles. The van der Waals surface area contributed by atoms with E-state index in [-0.39, 0.29) is 0 Å². The molecule has 0 aliphatic rings. The maximum atomic E-state index is 15.4. The quantitative estimate of drug-likeness (QED) is 0.323. The van der Waals surface area contributed by atoms with Crippen molar-refractivity contribution in [1.29, 1.82) is 0 Å². The van der Waals surface area contributed by atoms with Crippen molar-refractivity contribution in [3.63, 3.8) is 0 Å². The van der Waals surface area contributed by atoms with Crippen LogP contribution in [0.3, 0.4) is 0 Å². The Bertz CT molecular complexity index is 1580. The van der Waals surface area contributed by atoms with E-state index in [4.69, 9.17) is 5.10 Å². The van der Waals surface area contributed by atoms with Crippen molar-refractivity contribution in [2.45, 2.75) is 0 Å². The number of hydrogen-bond donors (Lipinski definition) is 0. The molecule has 2 heterocycles. The van der Waals surface area contributed by atoms with Crippen LogP contribution in [0.2, 0.25) is 0 Å². The van der Waals surface area contributed by atoms with Gasteiger partial charge in [-0.15, -0.1) is 0 Å². The molecular weight excluding hydrogens is 423 g/mol. The van der Waals surface area contributed by atoms with E-state index >= 15 is 4.57 Å². The first-order valence-corrected chi connectivity index (χ1v) is 12.7. The lowest BCUT2D eigenvalue weighted by Gasteiger charge is -2.20. The van der Waals surface area contributed by atoms with E-state index in [9.17, 15) is 0 Å². The summed E-state index contributed by atoms with van der Waals surface area (Å²) in [5.41, 5.74) is 3.56. The van der Waals surface area contributed by atoms with Crippen LogP contribution in [-0.4, -0.2) is 9.61 Å². The number of rotatable bonds is 4. The molecule has 158 valence electrons. The molecular formula is C29H21N2OP. The highest BCUT2D eigenvalue weighted by molar-refractivity contribution is 7.86. The molecule has 0 saturated heterocycles. The van der Waals surface area contributed by atoms with E-state index in [0.29, 0.717) is 0 Å². The zero-order chi connectivity index (χ0) is 22.3. The SMILES string of the molecule is O=P(c1ccccc1)(c1ccccc1)c1c(-c2ccccc2)nn2c1ccc1ccccc12. The lowest BCUT2D eigenvalue weighted by atomic mass is 10.1. The first-order valence-electron chi connectivity index (χ1n) is 10.9. The van der Waals surface area contributed by atoms with E-state index < -0.39 is 7.14 Å². The largest absolute Gasteiger partial charge is 0.308 e. The van der Waals surface area contributed by atoms with Crippen molar-refractivity contribution < 1.29 is 4.57 Å². The Morgan fingerprint density at radius 1 is 0.545 bits per heavy atom. The minimum absolute atomic E-state index is 0.753. The van der Waals surface area contributed by atoms with Crippen LogP contribution in [-0.2, 0) is 4.57 Å². The third-order valence-electron chi connectivity index (χ3n) is 6.08. The molecule has 0 bridgehead atoms. The molecule has 0 amide bonds. The summed E-state index contributed by atoms with van der Waals surface area (Å²) < 4.78 is 17.3. The molecule has 4 heteroatoms. The highest BCUT2D eigenvalue weighted by atomic mass is 31.2. The van der Waals surface area contributed by atoms with Gasteiger partial charge in [-0.25, -0.2) is 4.52 Å².